The van der Waals surface area contributed by atoms with E-state index in [9.17, 15) is 8.78 Å². The third-order valence-electron chi connectivity index (χ3n) is 2.93. The van der Waals surface area contributed by atoms with Gasteiger partial charge in [0.15, 0.2) is 0 Å². The van der Waals surface area contributed by atoms with Gasteiger partial charge >= 0.3 is 0 Å². The Kier molecular flexibility index (Phi) is 3.43. The molecule has 0 saturated carbocycles. The van der Waals surface area contributed by atoms with Crippen molar-refractivity contribution in [3.8, 4) is 11.3 Å². The van der Waals surface area contributed by atoms with Gasteiger partial charge in [-0.3, -0.25) is 9.67 Å². The minimum atomic E-state index is -2.65. The van der Waals surface area contributed by atoms with Crippen molar-refractivity contribution in [3.05, 3.63) is 48.2 Å². The summed E-state index contributed by atoms with van der Waals surface area (Å²) in [6, 6.07) is 5.55. The molecule has 0 saturated heterocycles. The lowest BCUT2D eigenvalue weighted by molar-refractivity contribution is 0.146. The predicted molar refractivity (Wildman–Crippen MR) is 70.5 cm³/mol. The van der Waals surface area contributed by atoms with E-state index in [1.807, 2.05) is 18.2 Å². The van der Waals surface area contributed by atoms with Gasteiger partial charge in [0.25, 0.3) is 6.43 Å². The fourth-order valence-electron chi connectivity index (χ4n) is 2.02. The van der Waals surface area contributed by atoms with Crippen LogP contribution in [0.4, 0.5) is 8.78 Å². The molecule has 108 valence electrons. The third-order valence-corrected chi connectivity index (χ3v) is 2.93. The highest BCUT2D eigenvalue weighted by molar-refractivity contribution is 5.60. The van der Waals surface area contributed by atoms with E-state index in [2.05, 4.69) is 20.4 Å². The molecule has 0 N–H and O–H groups in total. The van der Waals surface area contributed by atoms with Crippen LogP contribution in [0.5, 0.6) is 0 Å². The Hall–Kier alpha value is -2.64. The van der Waals surface area contributed by atoms with E-state index >= 15 is 0 Å². The summed E-state index contributed by atoms with van der Waals surface area (Å²) in [5.41, 5.74) is 1.19. The van der Waals surface area contributed by atoms with Crippen molar-refractivity contribution in [3.63, 3.8) is 0 Å². The van der Waals surface area contributed by atoms with Crippen molar-refractivity contribution in [2.24, 2.45) is 7.05 Å². The van der Waals surface area contributed by atoms with Gasteiger partial charge in [-0.15, -0.1) is 5.10 Å². The number of hydrogen-bond donors (Lipinski definition) is 0. The lowest BCUT2D eigenvalue weighted by Crippen LogP contribution is -2.01. The molecular formula is C13H12F2N6. The number of aryl methyl sites for hydroxylation is 1. The largest absolute Gasteiger partial charge is 0.282 e. The van der Waals surface area contributed by atoms with Crippen LogP contribution in [0.1, 0.15) is 17.8 Å². The van der Waals surface area contributed by atoms with Gasteiger partial charge in [0.05, 0.1) is 24.0 Å². The fourth-order valence-corrected chi connectivity index (χ4v) is 2.02. The zero-order valence-electron chi connectivity index (χ0n) is 11.2. The maximum Gasteiger partial charge on any atom is 0.282 e. The quantitative estimate of drug-likeness (QED) is 0.738. The average Bonchev–Trinajstić information content (AvgIpc) is 3.06. The summed E-state index contributed by atoms with van der Waals surface area (Å²) in [5.74, 6) is 0. The Morgan fingerprint density at radius 2 is 2.10 bits per heavy atom. The second-order valence-corrected chi connectivity index (χ2v) is 4.52. The van der Waals surface area contributed by atoms with Crippen molar-refractivity contribution >= 4 is 0 Å². The molecule has 0 fully saturated rings. The molecule has 0 radical (unpaired) electrons. The molecule has 0 atom stereocenters. The predicted octanol–water partition coefficient (Wildman–Crippen LogP) is 2.06. The van der Waals surface area contributed by atoms with Crippen LogP contribution in [-0.4, -0.2) is 29.8 Å². The van der Waals surface area contributed by atoms with Crippen LogP contribution in [0, 0.1) is 0 Å². The molecule has 0 bridgehead atoms. The number of hydrogen-bond acceptors (Lipinski definition) is 4. The van der Waals surface area contributed by atoms with Gasteiger partial charge in [0, 0.05) is 19.4 Å². The van der Waals surface area contributed by atoms with Crippen LogP contribution in [0.3, 0.4) is 0 Å². The molecule has 6 nitrogen and oxygen atoms in total. The maximum absolute atomic E-state index is 12.9. The Morgan fingerprint density at radius 3 is 2.81 bits per heavy atom. The summed E-state index contributed by atoms with van der Waals surface area (Å²) in [7, 11) is 1.59. The van der Waals surface area contributed by atoms with Crippen molar-refractivity contribution < 1.29 is 8.78 Å². The normalized spacial score (nSPS) is 11.2. The molecule has 21 heavy (non-hydrogen) atoms. The van der Waals surface area contributed by atoms with Crippen LogP contribution in [0.2, 0.25) is 0 Å². The van der Waals surface area contributed by atoms with Gasteiger partial charge in [-0.1, -0.05) is 11.3 Å². The molecular weight excluding hydrogens is 278 g/mol. The smallest absolute Gasteiger partial charge is 0.275 e. The van der Waals surface area contributed by atoms with Gasteiger partial charge in [0.2, 0.25) is 0 Å². The number of halogens is 2. The molecule has 0 aliphatic heterocycles. The van der Waals surface area contributed by atoms with Gasteiger partial charge in [0.1, 0.15) is 11.4 Å². The number of rotatable bonds is 4. The highest BCUT2D eigenvalue weighted by atomic mass is 19.3. The molecule has 3 aromatic heterocycles. The minimum Gasteiger partial charge on any atom is -0.275 e. The molecule has 0 aliphatic rings. The maximum atomic E-state index is 12.9. The van der Waals surface area contributed by atoms with Crippen LogP contribution >= 0.6 is 0 Å². The lowest BCUT2D eigenvalue weighted by atomic mass is 10.2. The SMILES string of the molecule is Cn1cc(-c2cn(Cc3ccccn3)nn2)c(C(F)F)n1. The zero-order valence-corrected chi connectivity index (χ0v) is 11.2. The van der Waals surface area contributed by atoms with Crippen molar-refractivity contribution in [1.82, 2.24) is 29.8 Å². The average molecular weight is 290 g/mol. The van der Waals surface area contributed by atoms with Crippen molar-refractivity contribution in [1.29, 1.82) is 0 Å². The van der Waals surface area contributed by atoms with Crippen LogP contribution in [0.25, 0.3) is 11.3 Å². The molecule has 0 spiro atoms. The van der Waals surface area contributed by atoms with Crippen molar-refractivity contribution in [2.75, 3.05) is 0 Å². The standard InChI is InChI=1S/C13H12F2N6/c1-20-7-10(12(18-20)13(14)15)11-8-21(19-17-11)6-9-4-2-3-5-16-9/h2-5,7-8,13H,6H2,1H3. The van der Waals surface area contributed by atoms with E-state index in [4.69, 9.17) is 0 Å². The third kappa shape index (κ3) is 2.78. The fraction of sp³-hybridized carbons (Fsp3) is 0.231. The van der Waals surface area contributed by atoms with Gasteiger partial charge in [-0.25, -0.2) is 13.5 Å². The summed E-state index contributed by atoms with van der Waals surface area (Å²) >= 11 is 0. The van der Waals surface area contributed by atoms with Gasteiger partial charge in [-0.05, 0) is 12.1 Å². The summed E-state index contributed by atoms with van der Waals surface area (Å²) < 4.78 is 28.8. The first-order valence-corrected chi connectivity index (χ1v) is 6.25. The van der Waals surface area contributed by atoms with Crippen molar-refractivity contribution in [2.45, 2.75) is 13.0 Å². The molecule has 0 amide bonds. The number of aromatic nitrogens is 6. The summed E-state index contributed by atoms with van der Waals surface area (Å²) in [5, 5.41) is 11.6. The first-order valence-electron chi connectivity index (χ1n) is 6.25. The van der Waals surface area contributed by atoms with Crippen LogP contribution in [-0.2, 0) is 13.6 Å². The number of alkyl halides is 2. The monoisotopic (exact) mass is 290 g/mol. The van der Waals surface area contributed by atoms with E-state index in [-0.39, 0.29) is 5.69 Å². The van der Waals surface area contributed by atoms with E-state index < -0.39 is 6.43 Å². The summed E-state index contributed by atoms with van der Waals surface area (Å²) in [4.78, 5) is 4.18. The van der Waals surface area contributed by atoms with Gasteiger partial charge in [-0.2, -0.15) is 5.10 Å². The first-order chi connectivity index (χ1) is 10.1. The Bertz CT molecular complexity index is 734. The second-order valence-electron chi connectivity index (χ2n) is 4.52. The van der Waals surface area contributed by atoms with E-state index in [1.165, 1.54) is 10.9 Å². The Morgan fingerprint density at radius 1 is 1.24 bits per heavy atom. The molecule has 3 rings (SSSR count). The minimum absolute atomic E-state index is 0.289. The Labute approximate surface area is 119 Å². The topological polar surface area (TPSA) is 61.4 Å². The molecule has 0 aromatic carbocycles. The number of nitrogens with zero attached hydrogens (tertiary/aromatic N) is 6. The molecule has 3 heterocycles. The highest BCUT2D eigenvalue weighted by Crippen LogP contribution is 2.28. The molecule has 0 aliphatic carbocycles. The molecule has 0 unspecified atom stereocenters. The number of pyridine rings is 1. The van der Waals surface area contributed by atoms with E-state index in [1.54, 1.807) is 24.1 Å². The second kappa shape index (κ2) is 5.39. The highest BCUT2D eigenvalue weighted by Gasteiger charge is 2.20. The molecule has 3 aromatic rings. The van der Waals surface area contributed by atoms with E-state index in [0.717, 1.165) is 5.69 Å². The van der Waals surface area contributed by atoms with Crippen LogP contribution in [0.15, 0.2) is 36.8 Å². The zero-order chi connectivity index (χ0) is 14.8. The molecule has 8 heteroatoms. The first kappa shape index (κ1) is 13.3. The lowest BCUT2D eigenvalue weighted by Gasteiger charge is -1.98. The Balaban J connectivity index is 1.88. The van der Waals surface area contributed by atoms with Crippen LogP contribution < -0.4 is 0 Å². The van der Waals surface area contributed by atoms with E-state index in [0.29, 0.717) is 17.8 Å². The summed E-state index contributed by atoms with van der Waals surface area (Å²) in [6.07, 6.45) is 2.15. The summed E-state index contributed by atoms with van der Waals surface area (Å²) in [6.45, 7) is 0.429. The van der Waals surface area contributed by atoms with Gasteiger partial charge < -0.3 is 0 Å².